The second kappa shape index (κ2) is 6.10. The minimum Gasteiger partial charge on any atom is -0.346 e. The molecule has 0 saturated carbocycles. The maximum Gasteiger partial charge on any atom is 0.137 e. The summed E-state index contributed by atoms with van der Waals surface area (Å²) in [5.41, 5.74) is 4.92. The number of fused-ring (bicyclic) bond motifs is 1. The van der Waals surface area contributed by atoms with Gasteiger partial charge in [0.25, 0.3) is 0 Å². The Kier molecular flexibility index (Phi) is 4.02. The van der Waals surface area contributed by atoms with Gasteiger partial charge in [0.1, 0.15) is 5.65 Å². The van der Waals surface area contributed by atoms with Crippen molar-refractivity contribution in [1.29, 1.82) is 0 Å². The summed E-state index contributed by atoms with van der Waals surface area (Å²) in [6.07, 6.45) is 4.94. The SMILES string of the molecule is CCc1ccc(C(C)NCc2c[nH]c3ncccc23)cc1. The van der Waals surface area contributed by atoms with E-state index in [1.54, 1.807) is 0 Å². The number of pyridine rings is 1. The predicted molar refractivity (Wildman–Crippen MR) is 87.2 cm³/mol. The molecule has 0 fully saturated rings. The Labute approximate surface area is 125 Å². The second-order valence-electron chi connectivity index (χ2n) is 5.41. The Morgan fingerprint density at radius 3 is 2.76 bits per heavy atom. The predicted octanol–water partition coefficient (Wildman–Crippen LogP) is 3.98. The van der Waals surface area contributed by atoms with Gasteiger partial charge in [-0.15, -0.1) is 0 Å². The molecule has 0 radical (unpaired) electrons. The van der Waals surface area contributed by atoms with Gasteiger partial charge in [-0.25, -0.2) is 4.98 Å². The number of nitrogens with zero attached hydrogens (tertiary/aromatic N) is 1. The maximum atomic E-state index is 4.32. The van der Waals surface area contributed by atoms with Crippen LogP contribution in [-0.4, -0.2) is 9.97 Å². The number of benzene rings is 1. The van der Waals surface area contributed by atoms with E-state index in [1.165, 1.54) is 22.1 Å². The van der Waals surface area contributed by atoms with E-state index in [-0.39, 0.29) is 0 Å². The lowest BCUT2D eigenvalue weighted by molar-refractivity contribution is 0.576. The lowest BCUT2D eigenvalue weighted by Gasteiger charge is -2.14. The first kappa shape index (κ1) is 13.8. The third kappa shape index (κ3) is 2.98. The topological polar surface area (TPSA) is 40.7 Å². The van der Waals surface area contributed by atoms with Gasteiger partial charge in [0.15, 0.2) is 0 Å². The normalized spacial score (nSPS) is 12.7. The van der Waals surface area contributed by atoms with Crippen LogP contribution in [0, 0.1) is 0 Å². The molecule has 1 atom stereocenters. The number of aromatic nitrogens is 2. The molecular weight excluding hydrogens is 258 g/mol. The van der Waals surface area contributed by atoms with Crippen LogP contribution in [0.1, 0.15) is 36.6 Å². The Hall–Kier alpha value is -2.13. The number of hydrogen-bond acceptors (Lipinski definition) is 2. The number of nitrogens with one attached hydrogen (secondary N) is 2. The van der Waals surface area contributed by atoms with Crippen LogP contribution < -0.4 is 5.32 Å². The van der Waals surface area contributed by atoms with Crippen molar-refractivity contribution in [1.82, 2.24) is 15.3 Å². The lowest BCUT2D eigenvalue weighted by Crippen LogP contribution is -2.17. The fraction of sp³-hybridized carbons (Fsp3) is 0.278. The van der Waals surface area contributed by atoms with Gasteiger partial charge in [-0.3, -0.25) is 0 Å². The molecule has 0 bridgehead atoms. The minimum atomic E-state index is 0.331. The Morgan fingerprint density at radius 1 is 1.19 bits per heavy atom. The molecule has 2 aromatic heterocycles. The highest BCUT2D eigenvalue weighted by Crippen LogP contribution is 2.18. The molecule has 108 valence electrons. The second-order valence-corrected chi connectivity index (χ2v) is 5.41. The van der Waals surface area contributed by atoms with Crippen molar-refractivity contribution < 1.29 is 0 Å². The smallest absolute Gasteiger partial charge is 0.137 e. The van der Waals surface area contributed by atoms with Crippen LogP contribution in [0.25, 0.3) is 11.0 Å². The molecule has 3 rings (SSSR count). The highest BCUT2D eigenvalue weighted by molar-refractivity contribution is 5.79. The van der Waals surface area contributed by atoms with E-state index in [0.29, 0.717) is 6.04 Å². The Bertz CT molecular complexity index is 713. The summed E-state index contributed by atoms with van der Waals surface area (Å²) in [5.74, 6) is 0. The monoisotopic (exact) mass is 279 g/mol. The molecule has 1 unspecified atom stereocenters. The average Bonchev–Trinajstić information content (AvgIpc) is 2.96. The third-order valence-corrected chi connectivity index (χ3v) is 4.02. The van der Waals surface area contributed by atoms with E-state index < -0.39 is 0 Å². The van der Waals surface area contributed by atoms with Gasteiger partial charge in [-0.1, -0.05) is 31.2 Å². The molecule has 21 heavy (non-hydrogen) atoms. The third-order valence-electron chi connectivity index (χ3n) is 4.02. The van der Waals surface area contributed by atoms with Crippen LogP contribution >= 0.6 is 0 Å². The lowest BCUT2D eigenvalue weighted by atomic mass is 10.0. The first-order valence-corrected chi connectivity index (χ1v) is 7.51. The first-order valence-electron chi connectivity index (χ1n) is 7.51. The van der Waals surface area contributed by atoms with Gasteiger partial charge in [0.05, 0.1) is 0 Å². The van der Waals surface area contributed by atoms with Crippen molar-refractivity contribution in [3.05, 3.63) is 65.5 Å². The van der Waals surface area contributed by atoms with Gasteiger partial charge in [0.2, 0.25) is 0 Å². The van der Waals surface area contributed by atoms with Crippen molar-refractivity contribution in [2.24, 2.45) is 0 Å². The summed E-state index contributed by atoms with van der Waals surface area (Å²) < 4.78 is 0. The maximum absolute atomic E-state index is 4.32. The fourth-order valence-corrected chi connectivity index (χ4v) is 2.58. The fourth-order valence-electron chi connectivity index (χ4n) is 2.58. The van der Waals surface area contributed by atoms with Crippen molar-refractivity contribution in [2.45, 2.75) is 32.9 Å². The quantitative estimate of drug-likeness (QED) is 0.741. The summed E-state index contributed by atoms with van der Waals surface area (Å²) in [5, 5.41) is 4.78. The van der Waals surface area contributed by atoms with Gasteiger partial charge in [0, 0.05) is 30.4 Å². The van der Waals surface area contributed by atoms with Gasteiger partial charge in [-0.2, -0.15) is 0 Å². The number of rotatable bonds is 5. The Morgan fingerprint density at radius 2 is 2.00 bits per heavy atom. The molecule has 2 heterocycles. The van der Waals surface area contributed by atoms with Gasteiger partial charge < -0.3 is 10.3 Å². The molecule has 2 N–H and O–H groups in total. The van der Waals surface area contributed by atoms with Crippen molar-refractivity contribution >= 4 is 11.0 Å². The van der Waals surface area contributed by atoms with Crippen LogP contribution in [0.2, 0.25) is 0 Å². The van der Waals surface area contributed by atoms with Crippen LogP contribution in [0.4, 0.5) is 0 Å². The molecule has 1 aromatic carbocycles. The Balaban J connectivity index is 1.68. The van der Waals surface area contributed by atoms with Crippen LogP contribution in [-0.2, 0) is 13.0 Å². The standard InChI is InChI=1S/C18H21N3/c1-3-14-6-8-15(9-7-14)13(2)20-11-16-12-21-18-17(16)5-4-10-19-18/h4-10,12-13,20H,3,11H2,1-2H3,(H,19,21). The number of H-pyrrole nitrogens is 1. The van der Waals surface area contributed by atoms with Crippen molar-refractivity contribution in [3.63, 3.8) is 0 Å². The zero-order chi connectivity index (χ0) is 14.7. The molecule has 3 nitrogen and oxygen atoms in total. The molecule has 0 saturated heterocycles. The number of aryl methyl sites for hydroxylation is 1. The highest BCUT2D eigenvalue weighted by atomic mass is 14.9. The molecule has 3 heteroatoms. The van der Waals surface area contributed by atoms with E-state index in [2.05, 4.69) is 59.5 Å². The molecule has 0 aliphatic carbocycles. The summed E-state index contributed by atoms with van der Waals surface area (Å²) in [4.78, 5) is 7.54. The molecule has 0 amide bonds. The summed E-state index contributed by atoms with van der Waals surface area (Å²) >= 11 is 0. The summed E-state index contributed by atoms with van der Waals surface area (Å²) in [6, 6.07) is 13.3. The van der Waals surface area contributed by atoms with E-state index in [0.717, 1.165) is 18.6 Å². The number of aromatic amines is 1. The molecule has 3 aromatic rings. The molecular formula is C18H21N3. The molecule has 0 aliphatic rings. The van der Waals surface area contributed by atoms with Crippen molar-refractivity contribution in [2.75, 3.05) is 0 Å². The van der Waals surface area contributed by atoms with Gasteiger partial charge >= 0.3 is 0 Å². The summed E-state index contributed by atoms with van der Waals surface area (Å²) in [7, 11) is 0. The van der Waals surface area contributed by atoms with Crippen molar-refractivity contribution in [3.8, 4) is 0 Å². The number of hydrogen-bond donors (Lipinski definition) is 2. The zero-order valence-electron chi connectivity index (χ0n) is 12.6. The first-order chi connectivity index (χ1) is 10.3. The van der Waals surface area contributed by atoms with E-state index in [1.807, 2.05) is 18.5 Å². The van der Waals surface area contributed by atoms with E-state index in [9.17, 15) is 0 Å². The van der Waals surface area contributed by atoms with Gasteiger partial charge in [-0.05, 0) is 42.2 Å². The van der Waals surface area contributed by atoms with E-state index >= 15 is 0 Å². The highest BCUT2D eigenvalue weighted by Gasteiger charge is 2.07. The van der Waals surface area contributed by atoms with Crippen LogP contribution in [0.5, 0.6) is 0 Å². The summed E-state index contributed by atoms with van der Waals surface area (Å²) in [6.45, 7) is 5.22. The van der Waals surface area contributed by atoms with E-state index in [4.69, 9.17) is 0 Å². The molecule has 0 aliphatic heterocycles. The van der Waals surface area contributed by atoms with Crippen LogP contribution in [0.15, 0.2) is 48.8 Å². The molecule has 0 spiro atoms. The largest absolute Gasteiger partial charge is 0.346 e. The average molecular weight is 279 g/mol. The van der Waals surface area contributed by atoms with Crippen LogP contribution in [0.3, 0.4) is 0 Å². The zero-order valence-corrected chi connectivity index (χ0v) is 12.6. The minimum absolute atomic E-state index is 0.331.